The zero-order valence-corrected chi connectivity index (χ0v) is 12.8. The maximum Gasteiger partial charge on any atom is 0.128 e. The van der Waals surface area contributed by atoms with Crippen LogP contribution in [0.2, 0.25) is 0 Å². The first kappa shape index (κ1) is 12.9. The van der Waals surface area contributed by atoms with Crippen LogP contribution >= 0.6 is 0 Å². The van der Waals surface area contributed by atoms with E-state index in [1.54, 1.807) is 0 Å². The van der Waals surface area contributed by atoms with Crippen molar-refractivity contribution in [3.8, 4) is 0 Å². The molecule has 1 saturated carbocycles. The number of hydrogen-bond donors (Lipinski definition) is 0. The summed E-state index contributed by atoms with van der Waals surface area (Å²) < 4.78 is 2.22. The van der Waals surface area contributed by atoms with Gasteiger partial charge < -0.3 is 9.47 Å². The molecule has 4 nitrogen and oxygen atoms in total. The van der Waals surface area contributed by atoms with E-state index in [9.17, 15) is 0 Å². The fraction of sp³-hybridized carbons (Fsp3) is 0.529. The summed E-state index contributed by atoms with van der Waals surface area (Å²) in [6, 6.07) is 4.43. The molecule has 0 amide bonds. The highest BCUT2D eigenvalue weighted by Gasteiger charge is 2.45. The first-order valence-corrected chi connectivity index (χ1v) is 7.96. The Balaban J connectivity index is 1.53. The van der Waals surface area contributed by atoms with E-state index >= 15 is 0 Å². The van der Waals surface area contributed by atoms with Crippen LogP contribution in [0.25, 0.3) is 0 Å². The van der Waals surface area contributed by atoms with Crippen molar-refractivity contribution < 1.29 is 0 Å². The molecule has 0 spiro atoms. The smallest absolute Gasteiger partial charge is 0.128 e. The second-order valence-corrected chi connectivity index (χ2v) is 6.40. The Bertz CT molecular complexity index is 651. The highest BCUT2D eigenvalue weighted by Crippen LogP contribution is 2.45. The molecule has 4 rings (SSSR count). The topological polar surface area (TPSA) is 34.0 Å². The fourth-order valence-corrected chi connectivity index (χ4v) is 3.49. The average molecular weight is 282 g/mol. The van der Waals surface area contributed by atoms with E-state index in [4.69, 9.17) is 4.98 Å². The molecule has 2 aromatic heterocycles. The van der Waals surface area contributed by atoms with Crippen molar-refractivity contribution in [3.05, 3.63) is 41.6 Å². The van der Waals surface area contributed by atoms with Crippen LogP contribution in [-0.4, -0.2) is 27.6 Å². The lowest BCUT2D eigenvalue weighted by molar-refractivity contribution is 0.723. The number of anilines is 1. The van der Waals surface area contributed by atoms with Gasteiger partial charge in [-0.2, -0.15) is 0 Å². The van der Waals surface area contributed by atoms with Gasteiger partial charge in [-0.05, 0) is 36.8 Å². The van der Waals surface area contributed by atoms with Crippen molar-refractivity contribution in [1.29, 1.82) is 0 Å². The van der Waals surface area contributed by atoms with E-state index < -0.39 is 0 Å². The van der Waals surface area contributed by atoms with Gasteiger partial charge in [0.1, 0.15) is 11.6 Å². The fourth-order valence-electron chi connectivity index (χ4n) is 3.49. The highest BCUT2D eigenvalue weighted by molar-refractivity contribution is 5.44. The average Bonchev–Trinajstić information content (AvgIpc) is 2.90. The van der Waals surface area contributed by atoms with Gasteiger partial charge in [0, 0.05) is 37.6 Å². The number of imidazole rings is 1. The highest BCUT2D eigenvalue weighted by atomic mass is 15.2. The molecule has 0 radical (unpaired) electrons. The lowest BCUT2D eigenvalue weighted by atomic mass is 10.2. The van der Waals surface area contributed by atoms with Gasteiger partial charge >= 0.3 is 0 Å². The molecule has 1 aliphatic carbocycles. The summed E-state index contributed by atoms with van der Waals surface area (Å²) in [6.45, 7) is 7.55. The Morgan fingerprint density at radius 3 is 2.76 bits per heavy atom. The monoisotopic (exact) mass is 282 g/mol. The number of nitrogens with zero attached hydrogens (tertiary/aromatic N) is 4. The summed E-state index contributed by atoms with van der Waals surface area (Å²) in [6.07, 6.45) is 6.34. The normalized spacial score (nSPS) is 23.4. The molecule has 2 aliphatic rings. The number of pyridine rings is 1. The summed E-state index contributed by atoms with van der Waals surface area (Å²) in [7, 11) is 0. The van der Waals surface area contributed by atoms with Crippen molar-refractivity contribution in [2.75, 3.05) is 18.0 Å². The summed E-state index contributed by atoms with van der Waals surface area (Å²) >= 11 is 0. The van der Waals surface area contributed by atoms with Gasteiger partial charge in [0.25, 0.3) is 0 Å². The number of fused-ring (bicyclic) bond motifs is 1. The third kappa shape index (κ3) is 2.33. The molecule has 0 N–H and O–H groups in total. The molecular formula is C17H22N4. The Labute approximate surface area is 125 Å². The maximum absolute atomic E-state index is 4.84. The molecule has 0 bridgehead atoms. The Morgan fingerprint density at radius 2 is 2.05 bits per heavy atom. The van der Waals surface area contributed by atoms with Crippen molar-refractivity contribution in [2.24, 2.45) is 11.8 Å². The van der Waals surface area contributed by atoms with E-state index in [0.29, 0.717) is 0 Å². The number of piperidine rings is 1. The molecule has 21 heavy (non-hydrogen) atoms. The van der Waals surface area contributed by atoms with Crippen LogP contribution in [0, 0.1) is 18.8 Å². The van der Waals surface area contributed by atoms with Gasteiger partial charge in [-0.25, -0.2) is 9.97 Å². The van der Waals surface area contributed by atoms with Crippen LogP contribution in [0.15, 0.2) is 24.5 Å². The van der Waals surface area contributed by atoms with Gasteiger partial charge in [-0.15, -0.1) is 0 Å². The quantitative estimate of drug-likeness (QED) is 0.864. The third-order valence-electron chi connectivity index (χ3n) is 4.94. The maximum atomic E-state index is 4.84. The molecule has 2 atom stereocenters. The molecule has 1 aliphatic heterocycles. The second-order valence-electron chi connectivity index (χ2n) is 6.40. The van der Waals surface area contributed by atoms with Crippen molar-refractivity contribution in [1.82, 2.24) is 14.5 Å². The minimum atomic E-state index is 0.869. The zero-order chi connectivity index (χ0) is 14.4. The summed E-state index contributed by atoms with van der Waals surface area (Å²) in [5.41, 5.74) is 2.43. The van der Waals surface area contributed by atoms with Gasteiger partial charge in [-0.3, -0.25) is 0 Å². The summed E-state index contributed by atoms with van der Waals surface area (Å²) in [5.74, 6) is 4.19. The predicted octanol–water partition coefficient (Wildman–Crippen LogP) is 2.65. The van der Waals surface area contributed by atoms with E-state index in [1.165, 1.54) is 25.1 Å². The van der Waals surface area contributed by atoms with Crippen LogP contribution in [0.3, 0.4) is 0 Å². The zero-order valence-electron chi connectivity index (χ0n) is 12.8. The second kappa shape index (κ2) is 4.86. The van der Waals surface area contributed by atoms with Gasteiger partial charge in [0.2, 0.25) is 0 Å². The molecule has 2 fully saturated rings. The number of aromatic nitrogens is 3. The van der Waals surface area contributed by atoms with Crippen LogP contribution in [0.4, 0.5) is 5.82 Å². The molecule has 3 heterocycles. The van der Waals surface area contributed by atoms with Crippen molar-refractivity contribution in [3.63, 3.8) is 0 Å². The lowest BCUT2D eigenvalue weighted by Gasteiger charge is -2.20. The van der Waals surface area contributed by atoms with Gasteiger partial charge in [0.05, 0.1) is 6.54 Å². The van der Waals surface area contributed by atoms with Crippen LogP contribution in [0.1, 0.15) is 30.4 Å². The largest absolute Gasteiger partial charge is 0.356 e. The van der Waals surface area contributed by atoms with E-state index in [-0.39, 0.29) is 0 Å². The van der Waals surface area contributed by atoms with E-state index in [2.05, 4.69) is 46.6 Å². The Kier molecular flexibility index (Phi) is 2.98. The molecule has 110 valence electrons. The van der Waals surface area contributed by atoms with Gasteiger partial charge in [-0.1, -0.05) is 13.0 Å². The van der Waals surface area contributed by atoms with Crippen LogP contribution < -0.4 is 4.90 Å². The first-order chi connectivity index (χ1) is 10.2. The molecule has 0 aromatic carbocycles. The van der Waals surface area contributed by atoms with Crippen molar-refractivity contribution in [2.45, 2.75) is 33.2 Å². The third-order valence-corrected chi connectivity index (χ3v) is 4.94. The van der Waals surface area contributed by atoms with Gasteiger partial charge in [0.15, 0.2) is 0 Å². The van der Waals surface area contributed by atoms with E-state index in [1.807, 2.05) is 6.20 Å². The number of aryl methyl sites for hydroxylation is 2. The summed E-state index contributed by atoms with van der Waals surface area (Å²) in [5, 5.41) is 0. The molecule has 4 heteroatoms. The number of rotatable bonds is 4. The lowest BCUT2D eigenvalue weighted by Crippen LogP contribution is -2.23. The summed E-state index contributed by atoms with van der Waals surface area (Å²) in [4.78, 5) is 11.7. The Hall–Kier alpha value is -1.84. The SMILES string of the molecule is CCc1nccn1Cc1ccc(N2CC3CC3C2)nc1C. The molecular weight excluding hydrogens is 260 g/mol. The molecule has 2 unspecified atom stereocenters. The van der Waals surface area contributed by atoms with Crippen molar-refractivity contribution >= 4 is 5.82 Å². The predicted molar refractivity (Wildman–Crippen MR) is 83.5 cm³/mol. The minimum Gasteiger partial charge on any atom is -0.356 e. The minimum absolute atomic E-state index is 0.869. The van der Waals surface area contributed by atoms with Crippen LogP contribution in [-0.2, 0) is 13.0 Å². The molecule has 1 saturated heterocycles. The number of hydrogen-bond acceptors (Lipinski definition) is 3. The van der Waals surface area contributed by atoms with E-state index in [0.717, 1.165) is 42.1 Å². The molecule has 2 aromatic rings. The first-order valence-electron chi connectivity index (χ1n) is 7.96. The standard InChI is InChI=1S/C17H22N4/c1-3-16-18-6-7-20(16)9-13-4-5-17(19-12(13)2)21-10-14-8-15(14)11-21/h4-7,14-15H,3,8-11H2,1-2H3. The Morgan fingerprint density at radius 1 is 1.24 bits per heavy atom. The van der Waals surface area contributed by atoms with Crippen LogP contribution in [0.5, 0.6) is 0 Å².